The van der Waals surface area contributed by atoms with Crippen LogP contribution >= 0.6 is 0 Å². The summed E-state index contributed by atoms with van der Waals surface area (Å²) in [5.74, 6) is 0.484. The average molecular weight is 257 g/mol. The molecule has 0 aliphatic carbocycles. The molecule has 0 atom stereocenters. The third-order valence-electron chi connectivity index (χ3n) is 2.76. The SMILES string of the molecule is CN(CCC(F)(F)F)C1=NCc2ccccc2N1. The highest BCUT2D eigenvalue weighted by molar-refractivity contribution is 5.95. The van der Waals surface area contributed by atoms with Crippen LogP contribution in [0, 0.1) is 0 Å². The lowest BCUT2D eigenvalue weighted by Crippen LogP contribution is -2.37. The van der Waals surface area contributed by atoms with Crippen molar-refractivity contribution in [2.24, 2.45) is 4.99 Å². The van der Waals surface area contributed by atoms with Gasteiger partial charge in [-0.2, -0.15) is 13.2 Å². The van der Waals surface area contributed by atoms with E-state index in [1.165, 1.54) is 4.90 Å². The molecule has 0 amide bonds. The highest BCUT2D eigenvalue weighted by Gasteiger charge is 2.28. The average Bonchev–Trinajstić information content (AvgIpc) is 2.34. The number of guanidine groups is 1. The van der Waals surface area contributed by atoms with Gasteiger partial charge in [0.05, 0.1) is 13.0 Å². The minimum atomic E-state index is -4.14. The number of hydrogen-bond acceptors (Lipinski definition) is 3. The number of alkyl halides is 3. The smallest absolute Gasteiger partial charge is 0.345 e. The largest absolute Gasteiger partial charge is 0.390 e. The van der Waals surface area contributed by atoms with Crippen LogP contribution in [0.2, 0.25) is 0 Å². The first-order valence-corrected chi connectivity index (χ1v) is 5.63. The number of fused-ring (bicyclic) bond motifs is 1. The van der Waals surface area contributed by atoms with E-state index in [2.05, 4.69) is 10.3 Å². The Labute approximate surface area is 103 Å². The molecule has 3 nitrogen and oxygen atoms in total. The molecule has 0 saturated heterocycles. The number of benzene rings is 1. The number of aliphatic imine (C=N–C) groups is 1. The predicted octanol–water partition coefficient (Wildman–Crippen LogP) is 2.85. The van der Waals surface area contributed by atoms with Crippen molar-refractivity contribution >= 4 is 11.6 Å². The maximum Gasteiger partial charge on any atom is 0.390 e. The van der Waals surface area contributed by atoms with Crippen molar-refractivity contribution in [1.82, 2.24) is 4.90 Å². The van der Waals surface area contributed by atoms with Gasteiger partial charge in [0.15, 0.2) is 5.96 Å². The van der Waals surface area contributed by atoms with Crippen molar-refractivity contribution in [3.05, 3.63) is 29.8 Å². The van der Waals surface area contributed by atoms with E-state index >= 15 is 0 Å². The van der Waals surface area contributed by atoms with Gasteiger partial charge in [0.25, 0.3) is 0 Å². The summed E-state index contributed by atoms with van der Waals surface area (Å²) in [7, 11) is 1.60. The number of anilines is 1. The summed E-state index contributed by atoms with van der Waals surface area (Å²) in [6.07, 6.45) is -4.98. The number of nitrogens with one attached hydrogen (secondary N) is 1. The van der Waals surface area contributed by atoms with E-state index in [0.717, 1.165) is 11.3 Å². The monoisotopic (exact) mass is 257 g/mol. The minimum absolute atomic E-state index is 0.0997. The number of rotatable bonds is 2. The van der Waals surface area contributed by atoms with Gasteiger partial charge in [-0.3, -0.25) is 0 Å². The van der Waals surface area contributed by atoms with Gasteiger partial charge < -0.3 is 10.2 Å². The Hall–Kier alpha value is -1.72. The van der Waals surface area contributed by atoms with Gasteiger partial charge in [-0.25, -0.2) is 4.99 Å². The predicted molar refractivity (Wildman–Crippen MR) is 64.5 cm³/mol. The fourth-order valence-electron chi connectivity index (χ4n) is 1.72. The fourth-order valence-corrected chi connectivity index (χ4v) is 1.72. The summed E-state index contributed by atoms with van der Waals surface area (Å²) >= 11 is 0. The molecule has 1 N–H and O–H groups in total. The maximum absolute atomic E-state index is 12.1. The highest BCUT2D eigenvalue weighted by atomic mass is 19.4. The minimum Gasteiger partial charge on any atom is -0.345 e. The lowest BCUT2D eigenvalue weighted by atomic mass is 10.1. The Bertz CT molecular complexity index is 454. The molecule has 98 valence electrons. The summed E-state index contributed by atoms with van der Waals surface area (Å²) < 4.78 is 36.4. The van der Waals surface area contributed by atoms with Gasteiger partial charge in [-0.05, 0) is 11.6 Å². The number of hydrogen-bond donors (Lipinski definition) is 1. The van der Waals surface area contributed by atoms with E-state index in [1.54, 1.807) is 7.05 Å². The zero-order valence-electron chi connectivity index (χ0n) is 9.96. The molecule has 0 unspecified atom stereocenters. The van der Waals surface area contributed by atoms with Crippen molar-refractivity contribution in [2.45, 2.75) is 19.1 Å². The standard InChI is InChI=1S/C12H14F3N3/c1-18(7-6-12(13,14)15)11-16-8-9-4-2-3-5-10(9)17-11/h2-5H,6-8H2,1H3,(H,16,17). The third-order valence-corrected chi connectivity index (χ3v) is 2.76. The van der Waals surface area contributed by atoms with Gasteiger partial charge in [-0.15, -0.1) is 0 Å². The molecule has 1 aromatic rings. The molecule has 1 aromatic carbocycles. The van der Waals surface area contributed by atoms with Crippen LogP contribution in [-0.4, -0.2) is 30.6 Å². The van der Waals surface area contributed by atoms with Crippen molar-refractivity contribution in [2.75, 3.05) is 18.9 Å². The second-order valence-corrected chi connectivity index (χ2v) is 4.21. The molecule has 1 aliphatic rings. The van der Waals surface area contributed by atoms with Crippen LogP contribution in [0.4, 0.5) is 18.9 Å². The third kappa shape index (κ3) is 3.15. The summed E-state index contributed by atoms with van der Waals surface area (Å²) in [5.41, 5.74) is 1.95. The maximum atomic E-state index is 12.1. The van der Waals surface area contributed by atoms with Crippen LogP contribution in [-0.2, 0) is 6.54 Å². The Morgan fingerprint density at radius 1 is 1.33 bits per heavy atom. The Morgan fingerprint density at radius 2 is 2.06 bits per heavy atom. The van der Waals surface area contributed by atoms with E-state index in [-0.39, 0.29) is 6.54 Å². The van der Waals surface area contributed by atoms with Crippen LogP contribution in [0.15, 0.2) is 29.3 Å². The van der Waals surface area contributed by atoms with E-state index < -0.39 is 12.6 Å². The number of para-hydroxylation sites is 1. The molecule has 0 spiro atoms. The van der Waals surface area contributed by atoms with E-state index in [4.69, 9.17) is 0 Å². The van der Waals surface area contributed by atoms with Crippen molar-refractivity contribution in [1.29, 1.82) is 0 Å². The molecule has 0 radical (unpaired) electrons. The number of halogens is 3. The second kappa shape index (κ2) is 4.88. The summed E-state index contributed by atoms with van der Waals surface area (Å²) in [4.78, 5) is 5.73. The van der Waals surface area contributed by atoms with Crippen molar-refractivity contribution in [3.8, 4) is 0 Å². The van der Waals surface area contributed by atoms with Crippen molar-refractivity contribution in [3.63, 3.8) is 0 Å². The molecular weight excluding hydrogens is 243 g/mol. The zero-order valence-corrected chi connectivity index (χ0v) is 9.96. The first kappa shape index (κ1) is 12.7. The molecule has 0 saturated carbocycles. The highest BCUT2D eigenvalue weighted by Crippen LogP contribution is 2.22. The molecule has 2 rings (SSSR count). The zero-order chi connectivity index (χ0) is 13.2. The Morgan fingerprint density at radius 3 is 2.78 bits per heavy atom. The summed E-state index contributed by atoms with van der Waals surface area (Å²) in [5, 5.41) is 3.04. The van der Waals surface area contributed by atoms with Crippen LogP contribution in [0.1, 0.15) is 12.0 Å². The molecular formula is C12H14F3N3. The summed E-state index contributed by atoms with van der Waals surface area (Å²) in [6, 6.07) is 7.62. The number of nitrogens with zero attached hydrogens (tertiary/aromatic N) is 2. The van der Waals surface area contributed by atoms with Gasteiger partial charge in [0.2, 0.25) is 0 Å². The molecule has 1 heterocycles. The van der Waals surface area contributed by atoms with E-state index in [1.807, 2.05) is 24.3 Å². The van der Waals surface area contributed by atoms with Gasteiger partial charge >= 0.3 is 6.18 Å². The molecule has 0 fully saturated rings. The topological polar surface area (TPSA) is 27.6 Å². The molecule has 1 aliphatic heterocycles. The summed E-state index contributed by atoms with van der Waals surface area (Å²) in [6.45, 7) is 0.395. The molecule has 6 heteroatoms. The van der Waals surface area contributed by atoms with Gasteiger partial charge in [0.1, 0.15) is 0 Å². The van der Waals surface area contributed by atoms with Crippen LogP contribution in [0.3, 0.4) is 0 Å². The normalized spacial score (nSPS) is 14.6. The van der Waals surface area contributed by atoms with E-state index in [0.29, 0.717) is 12.5 Å². The molecule has 0 aromatic heterocycles. The lowest BCUT2D eigenvalue weighted by molar-refractivity contribution is -0.135. The van der Waals surface area contributed by atoms with Crippen LogP contribution in [0.5, 0.6) is 0 Å². The molecule has 0 bridgehead atoms. The van der Waals surface area contributed by atoms with Crippen molar-refractivity contribution < 1.29 is 13.2 Å². The fraction of sp³-hybridized carbons (Fsp3) is 0.417. The van der Waals surface area contributed by atoms with Gasteiger partial charge in [0, 0.05) is 19.3 Å². The lowest BCUT2D eigenvalue weighted by Gasteiger charge is -2.26. The first-order valence-electron chi connectivity index (χ1n) is 5.63. The van der Waals surface area contributed by atoms with E-state index in [9.17, 15) is 13.2 Å². The Kier molecular flexibility index (Phi) is 3.45. The first-order chi connectivity index (χ1) is 8.46. The van der Waals surface area contributed by atoms with Crippen LogP contribution in [0.25, 0.3) is 0 Å². The quantitative estimate of drug-likeness (QED) is 0.882. The molecule has 18 heavy (non-hydrogen) atoms. The van der Waals surface area contributed by atoms with Gasteiger partial charge in [-0.1, -0.05) is 18.2 Å². The van der Waals surface area contributed by atoms with Crippen LogP contribution < -0.4 is 5.32 Å². The second-order valence-electron chi connectivity index (χ2n) is 4.21. The Balaban J connectivity index is 1.98.